The number of benzene rings is 1. The first-order valence-corrected chi connectivity index (χ1v) is 5.98. The molecule has 0 atom stereocenters. The van der Waals surface area contributed by atoms with Gasteiger partial charge in [-0.2, -0.15) is 0 Å². The maximum absolute atomic E-state index is 11.5. The van der Waals surface area contributed by atoms with E-state index in [1.165, 1.54) is 12.1 Å². The third kappa shape index (κ3) is 4.31. The molecule has 0 spiro atoms. The van der Waals surface area contributed by atoms with E-state index in [0.717, 1.165) is 0 Å². The lowest BCUT2D eigenvalue weighted by Gasteiger charge is -2.08. The topological polar surface area (TPSA) is 78.4 Å². The van der Waals surface area contributed by atoms with Crippen molar-refractivity contribution >= 4 is 33.5 Å². The molecule has 1 rings (SSSR count). The van der Waals surface area contributed by atoms with Crippen LogP contribution in [0.4, 0.5) is 5.69 Å². The van der Waals surface area contributed by atoms with Crippen LogP contribution in [0.3, 0.4) is 0 Å². The highest BCUT2D eigenvalue weighted by Gasteiger charge is 2.09. The van der Waals surface area contributed by atoms with Crippen molar-refractivity contribution in [1.29, 1.82) is 0 Å². The molecule has 1 amide bonds. The van der Waals surface area contributed by atoms with E-state index in [0.29, 0.717) is 16.7 Å². The highest BCUT2D eigenvalue weighted by molar-refractivity contribution is 9.10. The second kappa shape index (κ2) is 6.93. The number of carbonyl (C=O) groups is 2. The van der Waals surface area contributed by atoms with Crippen molar-refractivity contribution in [2.24, 2.45) is 0 Å². The van der Waals surface area contributed by atoms with Gasteiger partial charge < -0.3 is 15.7 Å². The minimum atomic E-state index is -1.04. The molecule has 1 aromatic rings. The van der Waals surface area contributed by atoms with Crippen LogP contribution in [0, 0.1) is 0 Å². The summed E-state index contributed by atoms with van der Waals surface area (Å²) in [5.74, 6) is -1.29. The van der Waals surface area contributed by atoms with Gasteiger partial charge >= 0.3 is 5.97 Å². The number of nitrogens with one attached hydrogen (secondary N) is 2. The van der Waals surface area contributed by atoms with Crippen LogP contribution in [-0.4, -0.2) is 30.1 Å². The molecule has 96 valence electrons. The van der Waals surface area contributed by atoms with Gasteiger partial charge in [0.15, 0.2) is 0 Å². The zero-order chi connectivity index (χ0) is 13.5. The van der Waals surface area contributed by atoms with Crippen LogP contribution in [0.2, 0.25) is 0 Å². The fourth-order valence-corrected chi connectivity index (χ4v) is 1.58. The van der Waals surface area contributed by atoms with Gasteiger partial charge in [-0.3, -0.25) is 4.79 Å². The Kier molecular flexibility index (Phi) is 5.54. The number of anilines is 1. The summed E-state index contributed by atoms with van der Waals surface area (Å²) in [6, 6.07) is 4.44. The second-order valence-electron chi connectivity index (χ2n) is 3.47. The fourth-order valence-electron chi connectivity index (χ4n) is 1.24. The molecule has 18 heavy (non-hydrogen) atoms. The quantitative estimate of drug-likeness (QED) is 0.553. The standard InChI is InChI=1S/C12H13BrN2O3/c1-2-5-14-7-11(16)15-10-6-8(12(17)18)3-4-9(10)13/h2-4,6,14H,1,5,7H2,(H,15,16)(H,17,18). The normalized spacial score (nSPS) is 9.83. The van der Waals surface area contributed by atoms with Gasteiger partial charge in [0.05, 0.1) is 17.8 Å². The van der Waals surface area contributed by atoms with Crippen molar-refractivity contribution in [1.82, 2.24) is 5.32 Å². The van der Waals surface area contributed by atoms with Crippen LogP contribution < -0.4 is 10.6 Å². The molecule has 0 aromatic heterocycles. The number of amides is 1. The van der Waals surface area contributed by atoms with Crippen LogP contribution in [0.15, 0.2) is 35.3 Å². The third-order valence-electron chi connectivity index (χ3n) is 2.06. The Bertz CT molecular complexity index is 474. The number of hydrogen-bond acceptors (Lipinski definition) is 3. The number of halogens is 1. The number of aromatic carboxylic acids is 1. The van der Waals surface area contributed by atoms with E-state index < -0.39 is 5.97 Å². The molecule has 5 nitrogen and oxygen atoms in total. The Morgan fingerprint density at radius 2 is 2.17 bits per heavy atom. The van der Waals surface area contributed by atoms with E-state index in [2.05, 4.69) is 33.1 Å². The third-order valence-corrected chi connectivity index (χ3v) is 2.75. The molecule has 0 saturated heterocycles. The van der Waals surface area contributed by atoms with Crippen molar-refractivity contribution in [3.05, 3.63) is 40.9 Å². The monoisotopic (exact) mass is 312 g/mol. The van der Waals surface area contributed by atoms with Gasteiger partial charge in [-0.15, -0.1) is 6.58 Å². The van der Waals surface area contributed by atoms with Gasteiger partial charge in [-0.25, -0.2) is 4.79 Å². The molecule has 0 heterocycles. The second-order valence-corrected chi connectivity index (χ2v) is 4.32. The molecule has 0 bridgehead atoms. The zero-order valence-electron chi connectivity index (χ0n) is 9.57. The van der Waals surface area contributed by atoms with Crippen LogP contribution in [0.1, 0.15) is 10.4 Å². The molecule has 6 heteroatoms. The maximum Gasteiger partial charge on any atom is 0.335 e. The van der Waals surface area contributed by atoms with Crippen molar-refractivity contribution < 1.29 is 14.7 Å². The SMILES string of the molecule is C=CCNCC(=O)Nc1cc(C(=O)O)ccc1Br. The molecule has 0 fully saturated rings. The van der Waals surface area contributed by atoms with Crippen molar-refractivity contribution in [3.63, 3.8) is 0 Å². The van der Waals surface area contributed by atoms with Crippen LogP contribution in [0.25, 0.3) is 0 Å². The molecule has 0 radical (unpaired) electrons. The van der Waals surface area contributed by atoms with Crippen LogP contribution >= 0.6 is 15.9 Å². The summed E-state index contributed by atoms with van der Waals surface area (Å²) in [6.45, 7) is 4.19. The molecule has 0 aliphatic rings. The lowest BCUT2D eigenvalue weighted by Crippen LogP contribution is -2.28. The molecule has 3 N–H and O–H groups in total. The average Bonchev–Trinajstić information content (AvgIpc) is 2.32. The Balaban J connectivity index is 2.71. The zero-order valence-corrected chi connectivity index (χ0v) is 11.2. The molecule has 0 saturated carbocycles. The van der Waals surface area contributed by atoms with E-state index in [9.17, 15) is 9.59 Å². The smallest absolute Gasteiger partial charge is 0.335 e. The van der Waals surface area contributed by atoms with Gasteiger partial charge in [0.25, 0.3) is 0 Å². The summed E-state index contributed by atoms with van der Waals surface area (Å²) in [5, 5.41) is 14.3. The molecule has 1 aromatic carbocycles. The summed E-state index contributed by atoms with van der Waals surface area (Å²) in [7, 11) is 0. The summed E-state index contributed by atoms with van der Waals surface area (Å²) in [4.78, 5) is 22.4. The fraction of sp³-hybridized carbons (Fsp3) is 0.167. The number of carbonyl (C=O) groups excluding carboxylic acids is 1. The van der Waals surface area contributed by atoms with E-state index >= 15 is 0 Å². The van der Waals surface area contributed by atoms with Crippen LogP contribution in [0.5, 0.6) is 0 Å². The van der Waals surface area contributed by atoms with Crippen molar-refractivity contribution in [2.75, 3.05) is 18.4 Å². The molecular formula is C12H13BrN2O3. The van der Waals surface area contributed by atoms with E-state index in [1.807, 2.05) is 0 Å². The highest BCUT2D eigenvalue weighted by Crippen LogP contribution is 2.23. The predicted octanol–water partition coefficient (Wildman–Crippen LogP) is 1.86. The Labute approximate surface area is 113 Å². The number of rotatable bonds is 6. The van der Waals surface area contributed by atoms with Crippen molar-refractivity contribution in [2.45, 2.75) is 0 Å². The van der Waals surface area contributed by atoms with Gasteiger partial charge in [0.2, 0.25) is 5.91 Å². The predicted molar refractivity (Wildman–Crippen MR) is 72.8 cm³/mol. The number of carboxylic acids is 1. The first kappa shape index (κ1) is 14.4. The van der Waals surface area contributed by atoms with E-state index in [-0.39, 0.29) is 18.0 Å². The van der Waals surface area contributed by atoms with Crippen molar-refractivity contribution in [3.8, 4) is 0 Å². The lowest BCUT2D eigenvalue weighted by atomic mass is 10.2. The highest BCUT2D eigenvalue weighted by atomic mass is 79.9. The molecular weight excluding hydrogens is 300 g/mol. The first-order valence-electron chi connectivity index (χ1n) is 5.19. The minimum absolute atomic E-state index is 0.118. The Hall–Kier alpha value is -1.66. The average molecular weight is 313 g/mol. The van der Waals surface area contributed by atoms with E-state index in [1.54, 1.807) is 12.1 Å². The van der Waals surface area contributed by atoms with Crippen LogP contribution in [-0.2, 0) is 4.79 Å². The summed E-state index contributed by atoms with van der Waals surface area (Å²) in [5.41, 5.74) is 0.549. The number of hydrogen-bond donors (Lipinski definition) is 3. The molecule has 0 aliphatic heterocycles. The first-order chi connectivity index (χ1) is 8.54. The van der Waals surface area contributed by atoms with Gasteiger partial charge in [0.1, 0.15) is 0 Å². The molecule has 0 aliphatic carbocycles. The maximum atomic E-state index is 11.5. The molecule has 0 unspecified atom stereocenters. The Morgan fingerprint density at radius 1 is 1.44 bits per heavy atom. The van der Waals surface area contributed by atoms with Gasteiger partial charge in [0, 0.05) is 11.0 Å². The van der Waals surface area contributed by atoms with E-state index in [4.69, 9.17) is 5.11 Å². The summed E-state index contributed by atoms with van der Waals surface area (Å²) in [6.07, 6.45) is 1.65. The minimum Gasteiger partial charge on any atom is -0.478 e. The lowest BCUT2D eigenvalue weighted by molar-refractivity contribution is -0.115. The summed E-state index contributed by atoms with van der Waals surface area (Å²) < 4.78 is 0.629. The van der Waals surface area contributed by atoms with Gasteiger partial charge in [-0.1, -0.05) is 6.08 Å². The summed E-state index contributed by atoms with van der Waals surface area (Å²) >= 11 is 3.25. The van der Waals surface area contributed by atoms with Gasteiger partial charge in [-0.05, 0) is 34.1 Å². The largest absolute Gasteiger partial charge is 0.478 e. The Morgan fingerprint density at radius 3 is 2.78 bits per heavy atom. The number of carboxylic acid groups (broad SMARTS) is 1.